The van der Waals surface area contributed by atoms with E-state index < -0.39 is 0 Å². The number of nitrogens with zero attached hydrogens (tertiary/aromatic N) is 2. The van der Waals surface area contributed by atoms with Crippen molar-refractivity contribution in [3.8, 4) is 0 Å². The minimum atomic E-state index is -0.0171. The van der Waals surface area contributed by atoms with Crippen molar-refractivity contribution in [1.82, 2.24) is 10.0 Å². The highest BCUT2D eigenvalue weighted by molar-refractivity contribution is 6.42. The average molecular weight is 470 g/mol. The van der Waals surface area contributed by atoms with Crippen LogP contribution in [0.15, 0.2) is 42.6 Å². The maximum Gasteiger partial charge on any atom is 0.101 e. The molecular weight excluding hydrogens is 443 g/mol. The van der Waals surface area contributed by atoms with Crippen LogP contribution in [0.25, 0.3) is 10.9 Å². The predicted molar refractivity (Wildman–Crippen MR) is 128 cm³/mol. The highest BCUT2D eigenvalue weighted by atomic mass is 35.5. The molecule has 0 amide bonds. The number of hydrogen-bond acceptors (Lipinski definition) is 4. The molecular formula is C22H27Cl3N4O. The minimum absolute atomic E-state index is 0. The zero-order valence-electron chi connectivity index (χ0n) is 16.9. The summed E-state index contributed by atoms with van der Waals surface area (Å²) >= 11 is 12.2. The van der Waals surface area contributed by atoms with Crippen LogP contribution in [0, 0.1) is 0 Å². The maximum atomic E-state index is 6.25. The molecule has 1 atom stereocenters. The molecule has 0 spiro atoms. The van der Waals surface area contributed by atoms with Gasteiger partial charge in [-0.3, -0.25) is 4.84 Å². The van der Waals surface area contributed by atoms with Crippen LogP contribution in [0.2, 0.25) is 10.0 Å². The van der Waals surface area contributed by atoms with E-state index in [0.29, 0.717) is 16.6 Å². The molecule has 0 aliphatic carbocycles. The van der Waals surface area contributed by atoms with E-state index >= 15 is 0 Å². The second-order valence-corrected chi connectivity index (χ2v) is 8.23. The summed E-state index contributed by atoms with van der Waals surface area (Å²) in [6.45, 7) is 6.16. The smallest absolute Gasteiger partial charge is 0.101 e. The molecule has 0 saturated carbocycles. The molecule has 0 radical (unpaired) electrons. The summed E-state index contributed by atoms with van der Waals surface area (Å²) in [5, 5.41) is 4.46. The molecule has 8 heteroatoms. The van der Waals surface area contributed by atoms with Gasteiger partial charge in [0.2, 0.25) is 0 Å². The maximum absolute atomic E-state index is 6.25. The molecule has 5 nitrogen and oxygen atoms in total. The van der Waals surface area contributed by atoms with E-state index in [1.165, 1.54) is 16.5 Å². The van der Waals surface area contributed by atoms with Gasteiger partial charge < -0.3 is 15.6 Å². The van der Waals surface area contributed by atoms with Gasteiger partial charge >= 0.3 is 0 Å². The molecule has 30 heavy (non-hydrogen) atoms. The molecule has 2 heterocycles. The zero-order valence-corrected chi connectivity index (χ0v) is 19.2. The molecule has 1 aromatic heterocycles. The SMILES string of the molecule is CC(ON1CCN(c2ccc(Cl)c(Cl)c2)CC1)c1ccc2[nH]cc(CCN)c2c1.Cl. The van der Waals surface area contributed by atoms with E-state index in [2.05, 4.69) is 46.3 Å². The Hall–Kier alpha value is -1.47. The lowest BCUT2D eigenvalue weighted by atomic mass is 10.0. The van der Waals surface area contributed by atoms with Gasteiger partial charge in [-0.2, -0.15) is 5.06 Å². The monoisotopic (exact) mass is 468 g/mol. The number of anilines is 1. The van der Waals surface area contributed by atoms with Crippen LogP contribution in [0.3, 0.4) is 0 Å². The normalized spacial score (nSPS) is 15.9. The highest BCUT2D eigenvalue weighted by Crippen LogP contribution is 2.29. The fourth-order valence-corrected chi connectivity index (χ4v) is 4.12. The van der Waals surface area contributed by atoms with Crippen LogP contribution in [0.4, 0.5) is 5.69 Å². The Morgan fingerprint density at radius 1 is 1.07 bits per heavy atom. The van der Waals surface area contributed by atoms with Crippen LogP contribution in [-0.4, -0.2) is 42.8 Å². The second kappa shape index (κ2) is 10.2. The van der Waals surface area contributed by atoms with Crippen LogP contribution < -0.4 is 10.6 Å². The fraction of sp³-hybridized carbons (Fsp3) is 0.364. The van der Waals surface area contributed by atoms with Crippen molar-refractivity contribution in [3.05, 3.63) is 63.8 Å². The lowest BCUT2D eigenvalue weighted by Crippen LogP contribution is -2.46. The van der Waals surface area contributed by atoms with Crippen LogP contribution in [0.1, 0.15) is 24.2 Å². The average Bonchev–Trinajstić information content (AvgIpc) is 3.13. The van der Waals surface area contributed by atoms with Gasteiger partial charge in [0.05, 0.1) is 10.0 Å². The molecule has 1 aliphatic rings. The number of H-pyrrole nitrogens is 1. The number of piperazine rings is 1. The summed E-state index contributed by atoms with van der Waals surface area (Å²) in [5.41, 5.74) is 10.4. The Morgan fingerprint density at radius 2 is 1.83 bits per heavy atom. The number of nitrogens with two attached hydrogens (primary N) is 1. The summed E-state index contributed by atoms with van der Waals surface area (Å²) in [4.78, 5) is 11.9. The van der Waals surface area contributed by atoms with Crippen molar-refractivity contribution in [3.63, 3.8) is 0 Å². The van der Waals surface area contributed by atoms with Crippen molar-refractivity contribution < 1.29 is 4.84 Å². The molecule has 1 saturated heterocycles. The number of hydrogen-bond donors (Lipinski definition) is 2. The molecule has 2 aromatic carbocycles. The first-order valence-corrected chi connectivity index (χ1v) is 10.7. The number of aromatic amines is 1. The van der Waals surface area contributed by atoms with Gasteiger partial charge in [0.15, 0.2) is 0 Å². The van der Waals surface area contributed by atoms with E-state index in [0.717, 1.165) is 43.8 Å². The summed E-state index contributed by atoms with van der Waals surface area (Å²) in [7, 11) is 0. The van der Waals surface area contributed by atoms with E-state index in [1.54, 1.807) is 0 Å². The van der Waals surface area contributed by atoms with Gasteiger partial charge in [-0.25, -0.2) is 0 Å². The number of rotatable bonds is 6. The van der Waals surface area contributed by atoms with Gasteiger partial charge in [0.25, 0.3) is 0 Å². The summed E-state index contributed by atoms with van der Waals surface area (Å²) in [6, 6.07) is 12.2. The topological polar surface area (TPSA) is 57.5 Å². The van der Waals surface area contributed by atoms with Gasteiger partial charge in [0.1, 0.15) is 6.10 Å². The Labute approximate surface area is 193 Å². The quantitative estimate of drug-likeness (QED) is 0.520. The molecule has 3 N–H and O–H groups in total. The first-order valence-electron chi connectivity index (χ1n) is 9.97. The largest absolute Gasteiger partial charge is 0.369 e. The summed E-state index contributed by atoms with van der Waals surface area (Å²) in [5.74, 6) is 0. The van der Waals surface area contributed by atoms with E-state index in [4.69, 9.17) is 33.8 Å². The van der Waals surface area contributed by atoms with Crippen molar-refractivity contribution in [2.75, 3.05) is 37.6 Å². The lowest BCUT2D eigenvalue weighted by molar-refractivity contribution is -0.197. The first kappa shape index (κ1) is 23.2. The first-order chi connectivity index (χ1) is 14.0. The minimum Gasteiger partial charge on any atom is -0.369 e. The van der Waals surface area contributed by atoms with Crippen molar-refractivity contribution in [2.24, 2.45) is 5.73 Å². The Bertz CT molecular complexity index is 986. The molecule has 4 rings (SSSR count). The lowest BCUT2D eigenvalue weighted by Gasteiger charge is -2.36. The molecule has 1 fully saturated rings. The predicted octanol–water partition coefficient (Wildman–Crippen LogP) is 5.21. The second-order valence-electron chi connectivity index (χ2n) is 7.42. The summed E-state index contributed by atoms with van der Waals surface area (Å²) in [6.07, 6.45) is 2.90. The van der Waals surface area contributed by atoms with E-state index in [9.17, 15) is 0 Å². The third-order valence-corrected chi connectivity index (χ3v) is 6.23. The Balaban J connectivity index is 0.00000256. The number of fused-ring (bicyclic) bond motifs is 1. The Morgan fingerprint density at radius 3 is 2.53 bits per heavy atom. The van der Waals surface area contributed by atoms with Gasteiger partial charge in [-0.05, 0) is 61.3 Å². The third kappa shape index (κ3) is 5.05. The number of benzene rings is 2. The van der Waals surface area contributed by atoms with E-state index in [1.807, 2.05) is 18.2 Å². The number of aromatic nitrogens is 1. The molecule has 162 valence electrons. The standard InChI is InChI=1S/C22H26Cl2N4O.ClH/c1-15(16-2-5-22-19(12-16)17(6-7-25)14-26-22)29-28-10-8-27(9-11-28)18-3-4-20(23)21(24)13-18;/h2-5,12-15,26H,6-11,25H2,1H3;1H. The van der Waals surface area contributed by atoms with Crippen molar-refractivity contribution in [2.45, 2.75) is 19.4 Å². The van der Waals surface area contributed by atoms with E-state index in [-0.39, 0.29) is 18.5 Å². The fourth-order valence-electron chi connectivity index (χ4n) is 3.83. The van der Waals surface area contributed by atoms with Gasteiger partial charge in [-0.1, -0.05) is 29.3 Å². The molecule has 1 unspecified atom stereocenters. The molecule has 0 bridgehead atoms. The van der Waals surface area contributed by atoms with Crippen molar-refractivity contribution in [1.29, 1.82) is 0 Å². The summed E-state index contributed by atoms with van der Waals surface area (Å²) < 4.78 is 0. The molecule has 3 aromatic rings. The van der Waals surface area contributed by atoms with Gasteiger partial charge in [0, 0.05) is 49.0 Å². The molecule has 1 aliphatic heterocycles. The third-order valence-electron chi connectivity index (χ3n) is 5.49. The van der Waals surface area contributed by atoms with Gasteiger partial charge in [-0.15, -0.1) is 12.4 Å². The highest BCUT2D eigenvalue weighted by Gasteiger charge is 2.21. The Kier molecular flexibility index (Phi) is 7.91. The number of hydroxylamine groups is 2. The van der Waals surface area contributed by atoms with Crippen LogP contribution >= 0.6 is 35.6 Å². The zero-order chi connectivity index (χ0) is 20.4. The van der Waals surface area contributed by atoms with Crippen molar-refractivity contribution >= 4 is 52.2 Å². The van der Waals surface area contributed by atoms with Crippen LogP contribution in [0.5, 0.6) is 0 Å². The number of nitrogens with one attached hydrogen (secondary N) is 1. The number of halogens is 3. The van der Waals surface area contributed by atoms with Crippen LogP contribution in [-0.2, 0) is 11.3 Å².